The van der Waals surface area contributed by atoms with Crippen LogP contribution < -0.4 is 0 Å². The third kappa shape index (κ3) is 23.9. The highest BCUT2D eigenvalue weighted by atomic mass is 14.2. The molecular weight excluding hydrogens is 913 g/mol. The Labute approximate surface area is 465 Å². The maximum Gasteiger partial charge on any atom is -0.00264 e. The predicted molar refractivity (Wildman–Crippen MR) is 361 cm³/mol. The van der Waals surface area contributed by atoms with Gasteiger partial charge in [0.1, 0.15) is 0 Å². The molecule has 0 heterocycles. The Balaban J connectivity index is -0.000000427. The molecule has 0 spiro atoms. The maximum absolute atomic E-state index is 4.60. The van der Waals surface area contributed by atoms with Crippen LogP contribution in [-0.2, 0) is 0 Å². The van der Waals surface area contributed by atoms with E-state index in [9.17, 15) is 0 Å². The molecule has 10 aromatic carbocycles. The van der Waals surface area contributed by atoms with Crippen molar-refractivity contribution in [3.8, 4) is 49.4 Å². The van der Waals surface area contributed by atoms with Crippen molar-refractivity contribution < 1.29 is 0 Å². The Bertz CT molecular complexity index is 2610. The van der Waals surface area contributed by atoms with Gasteiger partial charge in [-0.3, -0.25) is 0 Å². The minimum Gasteiger partial charge on any atom is -0.120 e. The largest absolute Gasteiger partial charge is 0.120 e. The molecule has 0 amide bonds. The van der Waals surface area contributed by atoms with Crippen LogP contribution in [0.5, 0.6) is 0 Å². The van der Waals surface area contributed by atoms with E-state index in [1.807, 2.05) is 79.7 Å². The molecule has 10 rings (SSSR count). The molecule has 76 heavy (non-hydrogen) atoms. The first-order valence-electron chi connectivity index (χ1n) is 27.2. The van der Waals surface area contributed by atoms with Gasteiger partial charge in [-0.25, -0.2) is 0 Å². The van der Waals surface area contributed by atoms with E-state index in [2.05, 4.69) is 249 Å². The first kappa shape index (κ1) is 74.5. The maximum atomic E-state index is 4.60. The summed E-state index contributed by atoms with van der Waals surface area (Å²) in [5.41, 5.74) is 0. The van der Waals surface area contributed by atoms with Crippen LogP contribution in [0, 0.1) is 49.4 Å². The van der Waals surface area contributed by atoms with Gasteiger partial charge in [0.25, 0.3) is 0 Å². The highest BCUT2D eigenvalue weighted by Crippen LogP contribution is 2.41. The Kier molecular flexibility index (Phi) is 49.5. The van der Waals surface area contributed by atoms with Crippen molar-refractivity contribution >= 4 is 86.2 Å². The van der Waals surface area contributed by atoms with Gasteiger partial charge in [-0.2, -0.15) is 0 Å². The first-order chi connectivity index (χ1) is 37.2. The minimum absolute atomic E-state index is 1.08. The second kappa shape index (κ2) is 50.5. The predicted octanol–water partition coefficient (Wildman–Crippen LogP) is 24.5. The number of terminal acetylenes is 4. The van der Waals surface area contributed by atoms with Crippen LogP contribution in [0.1, 0.15) is 136 Å². The molecule has 0 aliphatic rings. The van der Waals surface area contributed by atoms with E-state index in [1.54, 1.807) is 27.7 Å². The second-order valence-electron chi connectivity index (χ2n) is 14.8. The van der Waals surface area contributed by atoms with E-state index in [4.69, 9.17) is 0 Å². The highest BCUT2D eigenvalue weighted by molar-refractivity contribution is 6.34. The van der Waals surface area contributed by atoms with E-state index in [0.717, 1.165) is 25.7 Å². The van der Waals surface area contributed by atoms with Gasteiger partial charge in [-0.1, -0.05) is 253 Å². The van der Waals surface area contributed by atoms with Gasteiger partial charge in [-0.15, -0.1) is 75.7 Å². The minimum atomic E-state index is 1.08. The summed E-state index contributed by atoms with van der Waals surface area (Å²) in [6.07, 6.45) is 30.2. The third-order valence-electron chi connectivity index (χ3n) is 9.93. The molecule has 0 saturated heterocycles. The molecule has 0 unspecified atom stereocenters. The smallest absolute Gasteiger partial charge is 0.00264 e. The zero-order valence-corrected chi connectivity index (χ0v) is 50.1. The molecule has 0 aromatic heterocycles. The van der Waals surface area contributed by atoms with E-state index >= 15 is 0 Å². The number of allylic oxidation sites excluding steroid dienone is 4. The normalized spacial score (nSPS) is 8.37. The number of benzene rings is 10. The van der Waals surface area contributed by atoms with Crippen molar-refractivity contribution in [2.45, 2.75) is 136 Å². The number of hydrogen-bond donors (Lipinski definition) is 0. The Morgan fingerprint density at radius 1 is 0.276 bits per heavy atom. The van der Waals surface area contributed by atoms with Gasteiger partial charge in [0, 0.05) is 0 Å². The van der Waals surface area contributed by atoms with Crippen molar-refractivity contribution in [1.82, 2.24) is 0 Å². The summed E-state index contributed by atoms with van der Waals surface area (Å²) >= 11 is 0. The monoisotopic (exact) mass is 1010 g/mol. The summed E-state index contributed by atoms with van der Waals surface area (Å²) in [5.74, 6) is 9.00. The molecule has 10 aromatic rings. The fourth-order valence-electron chi connectivity index (χ4n) is 7.16. The quantitative estimate of drug-likeness (QED) is 0.0713. The molecule has 0 N–H and O–H groups in total. The summed E-state index contributed by atoms with van der Waals surface area (Å²) < 4.78 is 0. The summed E-state index contributed by atoms with van der Waals surface area (Å²) in [4.78, 5) is 0. The molecular formula is C76H96. The summed E-state index contributed by atoms with van der Waals surface area (Å²) in [7, 11) is 0. The topological polar surface area (TPSA) is 0 Å². The summed E-state index contributed by atoms with van der Waals surface area (Å²) in [6.45, 7) is 44.8. The molecule has 0 radical (unpaired) electrons. The molecule has 0 nitrogen and oxygen atoms in total. The third-order valence-corrected chi connectivity index (χ3v) is 9.93. The van der Waals surface area contributed by atoms with Crippen molar-refractivity contribution in [2.75, 3.05) is 0 Å². The van der Waals surface area contributed by atoms with Crippen LogP contribution in [-0.4, -0.2) is 0 Å². The molecule has 0 saturated carbocycles. The fourth-order valence-corrected chi connectivity index (χ4v) is 7.16. The lowest BCUT2D eigenvalue weighted by Gasteiger charge is -2.13. The first-order valence-corrected chi connectivity index (χ1v) is 27.2. The van der Waals surface area contributed by atoms with E-state index in [1.165, 1.54) is 86.2 Å². The molecule has 0 bridgehead atoms. The van der Waals surface area contributed by atoms with Crippen LogP contribution >= 0.6 is 0 Å². The standard InChI is InChI=1S/2C20H12.4C4H8.4C3H4.4C2H6/c2*1-5-13-6-2-11-17-18-12-4-8-14-7-3-10-16(20(14)18)15(9-1)19(13)17;4*1-3-4-2;4*1-3-2;4*1-2/h2*1-12H;4*3H,1,4H2,2H3;4*1H,2H3;4*1-2H3. The van der Waals surface area contributed by atoms with Crippen molar-refractivity contribution in [2.24, 2.45) is 0 Å². The second-order valence-corrected chi connectivity index (χ2v) is 14.8. The zero-order valence-electron chi connectivity index (χ0n) is 50.1. The molecule has 400 valence electrons. The van der Waals surface area contributed by atoms with Gasteiger partial charge in [0.2, 0.25) is 0 Å². The van der Waals surface area contributed by atoms with E-state index in [0.29, 0.717) is 0 Å². The lowest BCUT2D eigenvalue weighted by atomic mass is 9.90. The van der Waals surface area contributed by atoms with Crippen LogP contribution in [0.15, 0.2) is 196 Å². The summed E-state index contributed by atoms with van der Waals surface area (Å²) in [5, 5.41) is 21.8. The molecule has 0 heteroatoms. The SMILES string of the molecule is C#CC.C#CC.C#CC.C#CC.C=CCC.C=CCC.C=CCC.C=CCC.CC.CC.CC.CC.c1cc2cccc3c4cccc5cccc(c(c1)c23)c54.c1cc2cccc3c4cccc5cccc(c(c1)c23)c54. The van der Waals surface area contributed by atoms with E-state index in [-0.39, 0.29) is 0 Å². The fraction of sp³-hybridized carbons (Fsp3) is 0.263. The average Bonchev–Trinajstić information content (AvgIpc) is 3.49. The molecule has 0 fully saturated rings. The van der Waals surface area contributed by atoms with Gasteiger partial charge < -0.3 is 0 Å². The molecule has 0 atom stereocenters. The van der Waals surface area contributed by atoms with Gasteiger partial charge in [-0.05, 0) is 140 Å². The van der Waals surface area contributed by atoms with Gasteiger partial charge in [0.05, 0.1) is 0 Å². The Hall–Kier alpha value is -8.00. The molecule has 0 aliphatic carbocycles. The van der Waals surface area contributed by atoms with Crippen LogP contribution in [0.3, 0.4) is 0 Å². The van der Waals surface area contributed by atoms with Crippen molar-refractivity contribution in [3.05, 3.63) is 196 Å². The van der Waals surface area contributed by atoms with Crippen LogP contribution in [0.2, 0.25) is 0 Å². The highest BCUT2D eigenvalue weighted by Gasteiger charge is 2.13. The molecule has 0 aliphatic heterocycles. The number of hydrogen-bond acceptors (Lipinski definition) is 0. The zero-order chi connectivity index (χ0) is 58.7. The van der Waals surface area contributed by atoms with Gasteiger partial charge >= 0.3 is 0 Å². The average molecular weight is 1010 g/mol. The van der Waals surface area contributed by atoms with E-state index < -0.39 is 0 Å². The van der Waals surface area contributed by atoms with Crippen LogP contribution in [0.25, 0.3) is 86.2 Å². The van der Waals surface area contributed by atoms with Crippen molar-refractivity contribution in [3.63, 3.8) is 0 Å². The van der Waals surface area contributed by atoms with Gasteiger partial charge in [0.15, 0.2) is 0 Å². The number of rotatable bonds is 4. The Morgan fingerprint density at radius 2 is 0.368 bits per heavy atom. The Morgan fingerprint density at radius 3 is 0.447 bits per heavy atom. The summed E-state index contributed by atoms with van der Waals surface area (Å²) in [6, 6.07) is 52.9. The number of fused-ring (bicyclic) bond motifs is 4. The van der Waals surface area contributed by atoms with Crippen molar-refractivity contribution in [1.29, 1.82) is 0 Å². The lowest BCUT2D eigenvalue weighted by molar-refractivity contribution is 1.23. The van der Waals surface area contributed by atoms with Crippen LogP contribution in [0.4, 0.5) is 0 Å². The lowest BCUT2D eigenvalue weighted by Crippen LogP contribution is -1.85.